The molecule has 1 amide bonds. The molecular weight excluding hydrogens is 332 g/mol. The molecule has 7 nitrogen and oxygen atoms in total. The number of oxazole rings is 1. The molecule has 3 aromatic rings. The normalized spacial score (nSPS) is 10.8. The summed E-state index contributed by atoms with van der Waals surface area (Å²) in [7, 11) is 0. The summed E-state index contributed by atoms with van der Waals surface area (Å²) in [5, 5.41) is 8.49. The van der Waals surface area contributed by atoms with E-state index in [2.05, 4.69) is 9.97 Å². The Hall–Kier alpha value is -2.93. The summed E-state index contributed by atoms with van der Waals surface area (Å²) >= 11 is 0. The van der Waals surface area contributed by atoms with Gasteiger partial charge in [-0.3, -0.25) is 14.9 Å². The number of aromatic nitrogens is 2. The van der Waals surface area contributed by atoms with Crippen molar-refractivity contribution in [3.8, 4) is 0 Å². The number of amides is 1. The molecule has 0 bridgehead atoms. The van der Waals surface area contributed by atoms with Gasteiger partial charge in [-0.15, -0.1) is 0 Å². The largest absolute Gasteiger partial charge is 0.423 e. The lowest BCUT2D eigenvalue weighted by Gasteiger charge is -2.19. The third-order valence-corrected chi connectivity index (χ3v) is 4.10. The minimum absolute atomic E-state index is 0.339. The Bertz CT molecular complexity index is 802. The van der Waals surface area contributed by atoms with Gasteiger partial charge in [0.25, 0.3) is 0 Å². The molecule has 3 rings (SSSR count). The Kier molecular flexibility index (Phi) is 6.16. The lowest BCUT2D eigenvalue weighted by atomic mass is 10.1. The van der Waals surface area contributed by atoms with Crippen molar-refractivity contribution in [1.29, 1.82) is 0 Å². The molecule has 0 saturated carbocycles. The zero-order valence-electron chi connectivity index (χ0n) is 14.5. The number of hydrogen-bond acceptors (Lipinski definition) is 6. The molecule has 26 heavy (non-hydrogen) atoms. The summed E-state index contributed by atoms with van der Waals surface area (Å²) in [5.41, 5.74) is 3.22. The highest BCUT2D eigenvalue weighted by Crippen LogP contribution is 2.27. The van der Waals surface area contributed by atoms with Crippen molar-refractivity contribution >= 4 is 28.8 Å². The second-order valence-corrected chi connectivity index (χ2v) is 6.00. The summed E-state index contributed by atoms with van der Waals surface area (Å²) in [5.74, 6) is 0.449. The van der Waals surface area contributed by atoms with Crippen LogP contribution >= 0.6 is 0 Å². The van der Waals surface area contributed by atoms with Gasteiger partial charge in [0.2, 0.25) is 5.91 Å². The monoisotopic (exact) mass is 354 g/mol. The Morgan fingerprint density at radius 3 is 2.65 bits per heavy atom. The number of benzene rings is 1. The molecule has 0 aliphatic rings. The predicted octanol–water partition coefficient (Wildman–Crippen LogP) is 3.82. The van der Waals surface area contributed by atoms with Crippen molar-refractivity contribution in [3.05, 3.63) is 48.7 Å². The molecular formula is C19H22N4O3. The van der Waals surface area contributed by atoms with Crippen molar-refractivity contribution in [2.24, 2.45) is 0 Å². The highest BCUT2D eigenvalue weighted by molar-refractivity contribution is 5.75. The smallest absolute Gasteiger partial charge is 0.304 e. The fourth-order valence-electron chi connectivity index (χ4n) is 2.76. The van der Waals surface area contributed by atoms with Crippen molar-refractivity contribution in [2.45, 2.75) is 32.1 Å². The van der Waals surface area contributed by atoms with Crippen LogP contribution in [-0.4, -0.2) is 27.6 Å². The van der Waals surface area contributed by atoms with Gasteiger partial charge in [0.05, 0.1) is 0 Å². The third-order valence-electron chi connectivity index (χ3n) is 4.10. The SMILES string of the molecule is O=C(CCCCCCN(c1ccccn1)c1nc2ccccc2o1)NO. The fraction of sp³-hybridized carbons (Fsp3) is 0.316. The van der Waals surface area contributed by atoms with Crippen LogP contribution in [0.5, 0.6) is 0 Å². The van der Waals surface area contributed by atoms with Gasteiger partial charge >= 0.3 is 6.01 Å². The number of anilines is 2. The van der Waals surface area contributed by atoms with E-state index >= 15 is 0 Å². The average molecular weight is 354 g/mol. The molecule has 0 saturated heterocycles. The molecule has 0 spiro atoms. The maximum absolute atomic E-state index is 11.0. The lowest BCUT2D eigenvalue weighted by Crippen LogP contribution is -2.20. The lowest BCUT2D eigenvalue weighted by molar-refractivity contribution is -0.129. The van der Waals surface area contributed by atoms with Crippen molar-refractivity contribution in [2.75, 3.05) is 11.4 Å². The van der Waals surface area contributed by atoms with E-state index < -0.39 is 0 Å². The van der Waals surface area contributed by atoms with Gasteiger partial charge in [0.1, 0.15) is 11.3 Å². The van der Waals surface area contributed by atoms with Crippen LogP contribution in [0, 0.1) is 0 Å². The number of fused-ring (bicyclic) bond motifs is 1. The zero-order valence-corrected chi connectivity index (χ0v) is 14.5. The van der Waals surface area contributed by atoms with E-state index in [9.17, 15) is 4.79 Å². The number of nitrogens with zero attached hydrogens (tertiary/aromatic N) is 3. The summed E-state index contributed by atoms with van der Waals surface area (Å²) in [6.45, 7) is 0.718. The number of nitrogens with one attached hydrogen (secondary N) is 1. The van der Waals surface area contributed by atoms with Crippen LogP contribution in [-0.2, 0) is 4.79 Å². The van der Waals surface area contributed by atoms with E-state index in [1.54, 1.807) is 11.7 Å². The summed E-state index contributed by atoms with van der Waals surface area (Å²) in [6.07, 6.45) is 5.62. The molecule has 0 atom stereocenters. The Morgan fingerprint density at radius 1 is 1.08 bits per heavy atom. The van der Waals surface area contributed by atoms with E-state index in [0.717, 1.165) is 49.1 Å². The fourth-order valence-corrected chi connectivity index (χ4v) is 2.76. The van der Waals surface area contributed by atoms with Gasteiger partial charge in [-0.2, -0.15) is 4.98 Å². The van der Waals surface area contributed by atoms with E-state index in [-0.39, 0.29) is 5.91 Å². The van der Waals surface area contributed by atoms with Crippen molar-refractivity contribution in [1.82, 2.24) is 15.4 Å². The Morgan fingerprint density at radius 2 is 1.88 bits per heavy atom. The van der Waals surface area contributed by atoms with Gasteiger partial charge in [-0.05, 0) is 37.1 Å². The summed E-state index contributed by atoms with van der Waals surface area (Å²) < 4.78 is 5.90. The maximum atomic E-state index is 11.0. The number of carbonyl (C=O) groups excluding carboxylic acids is 1. The quantitative estimate of drug-likeness (QED) is 0.345. The maximum Gasteiger partial charge on any atom is 0.304 e. The van der Waals surface area contributed by atoms with Crippen LogP contribution in [0.4, 0.5) is 11.8 Å². The van der Waals surface area contributed by atoms with E-state index in [1.165, 1.54) is 0 Å². The van der Waals surface area contributed by atoms with Crippen molar-refractivity contribution < 1.29 is 14.4 Å². The average Bonchev–Trinajstić information content (AvgIpc) is 3.11. The molecule has 0 radical (unpaired) electrons. The number of rotatable bonds is 9. The van der Waals surface area contributed by atoms with Gasteiger partial charge in [-0.1, -0.05) is 31.0 Å². The third kappa shape index (κ3) is 4.58. The van der Waals surface area contributed by atoms with Gasteiger partial charge in [-0.25, -0.2) is 10.5 Å². The van der Waals surface area contributed by atoms with Crippen LogP contribution < -0.4 is 10.4 Å². The first kappa shape index (κ1) is 17.9. The zero-order chi connectivity index (χ0) is 18.2. The van der Waals surface area contributed by atoms with Crippen LogP contribution in [0.25, 0.3) is 11.1 Å². The minimum Gasteiger partial charge on any atom is -0.423 e. The molecule has 2 aromatic heterocycles. The topological polar surface area (TPSA) is 91.5 Å². The number of carbonyl (C=O) groups is 1. The van der Waals surface area contributed by atoms with Crippen molar-refractivity contribution in [3.63, 3.8) is 0 Å². The first-order valence-corrected chi connectivity index (χ1v) is 8.75. The molecule has 0 aliphatic carbocycles. The van der Waals surface area contributed by atoms with E-state index in [4.69, 9.17) is 9.62 Å². The summed E-state index contributed by atoms with van der Waals surface area (Å²) in [6, 6.07) is 13.9. The van der Waals surface area contributed by atoms with Gasteiger partial charge < -0.3 is 4.42 Å². The number of para-hydroxylation sites is 2. The van der Waals surface area contributed by atoms with Crippen LogP contribution in [0.1, 0.15) is 32.1 Å². The second-order valence-electron chi connectivity index (χ2n) is 6.00. The van der Waals surface area contributed by atoms with E-state index in [1.807, 2.05) is 47.4 Å². The molecule has 0 fully saturated rings. The van der Waals surface area contributed by atoms with Crippen LogP contribution in [0.2, 0.25) is 0 Å². The Balaban J connectivity index is 1.64. The number of unbranched alkanes of at least 4 members (excludes halogenated alkanes) is 3. The molecule has 1 aromatic carbocycles. The van der Waals surface area contributed by atoms with E-state index in [0.29, 0.717) is 12.4 Å². The minimum atomic E-state index is -0.341. The van der Waals surface area contributed by atoms with Gasteiger partial charge in [0.15, 0.2) is 5.58 Å². The first-order chi connectivity index (χ1) is 12.8. The highest BCUT2D eigenvalue weighted by Gasteiger charge is 2.16. The molecule has 0 unspecified atom stereocenters. The standard InChI is InChI=1S/C19H22N4O3/c24-18(22-25)12-3-1-2-8-14-23(17-11-6-7-13-20-17)19-21-15-9-4-5-10-16(15)26-19/h4-7,9-11,13,25H,1-3,8,12,14H2,(H,22,24). The second kappa shape index (κ2) is 8.96. The first-order valence-electron chi connectivity index (χ1n) is 8.75. The van der Waals surface area contributed by atoms with Gasteiger partial charge in [0, 0.05) is 19.2 Å². The molecule has 2 N–H and O–H groups in total. The van der Waals surface area contributed by atoms with Crippen LogP contribution in [0.15, 0.2) is 53.1 Å². The number of hydrogen-bond donors (Lipinski definition) is 2. The number of hydroxylamine groups is 1. The molecule has 0 aliphatic heterocycles. The van der Waals surface area contributed by atoms with Crippen LogP contribution in [0.3, 0.4) is 0 Å². The number of pyridine rings is 1. The predicted molar refractivity (Wildman–Crippen MR) is 98.3 cm³/mol. The Labute approximate surface area is 151 Å². The highest BCUT2D eigenvalue weighted by atomic mass is 16.5. The molecule has 7 heteroatoms. The molecule has 136 valence electrons. The summed E-state index contributed by atoms with van der Waals surface area (Å²) in [4.78, 5) is 22.0. The molecule has 2 heterocycles.